The monoisotopic (exact) mass is 264 g/mol. The molecule has 0 bridgehead atoms. The average Bonchev–Trinajstić information content (AvgIpc) is 2.42. The van der Waals surface area contributed by atoms with Crippen molar-refractivity contribution in [3.05, 3.63) is 29.8 Å². The molecule has 0 aliphatic carbocycles. The summed E-state index contributed by atoms with van der Waals surface area (Å²) < 4.78 is 5.49. The molecule has 106 valence electrons. The molecule has 0 spiro atoms. The molecule has 0 aliphatic heterocycles. The van der Waals surface area contributed by atoms with Gasteiger partial charge in [0.15, 0.2) is 6.73 Å². The highest BCUT2D eigenvalue weighted by atomic mass is 16.5. The number of rotatable bonds is 7. The molecule has 4 nitrogen and oxygen atoms in total. The van der Waals surface area contributed by atoms with Crippen LogP contribution in [0.25, 0.3) is 0 Å². The number of urea groups is 1. The number of carbonyl (C=O) groups is 1. The maximum atomic E-state index is 11.7. The second-order valence-electron chi connectivity index (χ2n) is 4.34. The van der Waals surface area contributed by atoms with E-state index in [2.05, 4.69) is 24.4 Å². The number of amides is 2. The smallest absolute Gasteiger partial charge is 0.319 e. The highest BCUT2D eigenvalue weighted by Gasteiger charge is 2.07. The van der Waals surface area contributed by atoms with Crippen LogP contribution in [0.15, 0.2) is 24.3 Å². The Morgan fingerprint density at radius 1 is 1.16 bits per heavy atom. The first-order chi connectivity index (χ1) is 9.21. The fourth-order valence-corrected chi connectivity index (χ4v) is 1.84. The second kappa shape index (κ2) is 8.40. The molecule has 0 aliphatic rings. The van der Waals surface area contributed by atoms with Gasteiger partial charge in [0, 0.05) is 13.1 Å². The van der Waals surface area contributed by atoms with Gasteiger partial charge in [0.05, 0.1) is 0 Å². The van der Waals surface area contributed by atoms with E-state index in [1.165, 1.54) is 5.56 Å². The van der Waals surface area contributed by atoms with Crippen molar-refractivity contribution in [3.63, 3.8) is 0 Å². The Balaban J connectivity index is 2.34. The van der Waals surface area contributed by atoms with Gasteiger partial charge in [-0.3, -0.25) is 0 Å². The number of carbonyl (C=O) groups excluding carboxylic acids is 1. The Labute approximate surface area is 115 Å². The SMILES string of the molecule is CCCc1ccc(OCNC(=O)N(CC)CC)cc1. The highest BCUT2D eigenvalue weighted by molar-refractivity contribution is 5.73. The second-order valence-corrected chi connectivity index (χ2v) is 4.34. The first kappa shape index (κ1) is 15.3. The summed E-state index contributed by atoms with van der Waals surface area (Å²) in [4.78, 5) is 13.4. The summed E-state index contributed by atoms with van der Waals surface area (Å²) in [5.41, 5.74) is 1.31. The topological polar surface area (TPSA) is 41.6 Å². The van der Waals surface area contributed by atoms with E-state index in [0.717, 1.165) is 18.6 Å². The molecule has 4 heteroatoms. The normalized spacial score (nSPS) is 10.1. The van der Waals surface area contributed by atoms with Gasteiger partial charge in [-0.1, -0.05) is 25.5 Å². The van der Waals surface area contributed by atoms with E-state index in [-0.39, 0.29) is 12.8 Å². The van der Waals surface area contributed by atoms with Crippen molar-refractivity contribution >= 4 is 6.03 Å². The van der Waals surface area contributed by atoms with Gasteiger partial charge in [-0.15, -0.1) is 0 Å². The van der Waals surface area contributed by atoms with Crippen molar-refractivity contribution in [1.82, 2.24) is 10.2 Å². The summed E-state index contributed by atoms with van der Waals surface area (Å²) >= 11 is 0. The van der Waals surface area contributed by atoms with Gasteiger partial charge < -0.3 is 15.0 Å². The molecule has 0 radical (unpaired) electrons. The van der Waals surface area contributed by atoms with Crippen LogP contribution >= 0.6 is 0 Å². The van der Waals surface area contributed by atoms with E-state index in [1.807, 2.05) is 26.0 Å². The molecule has 1 aromatic rings. The zero-order chi connectivity index (χ0) is 14.1. The summed E-state index contributed by atoms with van der Waals surface area (Å²) in [6.45, 7) is 7.67. The van der Waals surface area contributed by atoms with Crippen LogP contribution < -0.4 is 10.1 Å². The molecular formula is C15H24N2O2. The molecule has 1 rings (SSSR count). The van der Waals surface area contributed by atoms with Crippen LogP contribution in [0.4, 0.5) is 4.79 Å². The lowest BCUT2D eigenvalue weighted by Crippen LogP contribution is -2.41. The predicted octanol–water partition coefficient (Wildman–Crippen LogP) is 3.03. The number of aryl methyl sites for hydroxylation is 1. The van der Waals surface area contributed by atoms with Crippen LogP contribution in [-0.2, 0) is 6.42 Å². The van der Waals surface area contributed by atoms with Crippen LogP contribution in [0.1, 0.15) is 32.8 Å². The average molecular weight is 264 g/mol. The molecule has 0 unspecified atom stereocenters. The lowest BCUT2D eigenvalue weighted by Gasteiger charge is -2.19. The van der Waals surface area contributed by atoms with Crippen molar-refractivity contribution in [2.75, 3.05) is 19.8 Å². The Bertz CT molecular complexity index is 372. The Hall–Kier alpha value is -1.71. The molecule has 0 fully saturated rings. The molecule has 1 aromatic carbocycles. The molecular weight excluding hydrogens is 240 g/mol. The quantitative estimate of drug-likeness (QED) is 0.769. The fraction of sp³-hybridized carbons (Fsp3) is 0.533. The zero-order valence-electron chi connectivity index (χ0n) is 12.1. The molecule has 2 amide bonds. The highest BCUT2D eigenvalue weighted by Crippen LogP contribution is 2.12. The summed E-state index contributed by atoms with van der Waals surface area (Å²) in [5, 5.41) is 2.74. The third-order valence-electron chi connectivity index (χ3n) is 2.97. The molecule has 0 saturated carbocycles. The van der Waals surface area contributed by atoms with Gasteiger partial charge in [0.25, 0.3) is 0 Å². The van der Waals surface area contributed by atoms with Crippen molar-refractivity contribution < 1.29 is 9.53 Å². The molecule has 0 heterocycles. The van der Waals surface area contributed by atoms with E-state index in [4.69, 9.17) is 4.74 Å². The molecule has 0 saturated heterocycles. The van der Waals surface area contributed by atoms with Crippen LogP contribution in [0, 0.1) is 0 Å². The van der Waals surface area contributed by atoms with Crippen molar-refractivity contribution in [2.45, 2.75) is 33.6 Å². The molecule has 19 heavy (non-hydrogen) atoms. The van der Waals surface area contributed by atoms with Crippen molar-refractivity contribution in [3.8, 4) is 5.75 Å². The van der Waals surface area contributed by atoms with Gasteiger partial charge >= 0.3 is 6.03 Å². The van der Waals surface area contributed by atoms with Crippen LogP contribution in [0.3, 0.4) is 0 Å². The molecule has 0 aromatic heterocycles. The predicted molar refractivity (Wildman–Crippen MR) is 77.4 cm³/mol. The standard InChI is InChI=1S/C15H24N2O2/c1-4-7-13-8-10-14(11-9-13)19-12-16-15(18)17(5-2)6-3/h8-11H,4-7,12H2,1-3H3,(H,16,18). The van der Waals surface area contributed by atoms with E-state index < -0.39 is 0 Å². The van der Waals surface area contributed by atoms with E-state index in [1.54, 1.807) is 4.90 Å². The van der Waals surface area contributed by atoms with Gasteiger partial charge in [-0.25, -0.2) is 4.79 Å². The minimum Gasteiger partial charge on any atom is -0.473 e. The zero-order valence-corrected chi connectivity index (χ0v) is 12.1. The summed E-state index contributed by atoms with van der Waals surface area (Å²) in [7, 11) is 0. The Morgan fingerprint density at radius 3 is 2.32 bits per heavy atom. The lowest BCUT2D eigenvalue weighted by molar-refractivity contribution is 0.189. The van der Waals surface area contributed by atoms with Crippen LogP contribution in [0.5, 0.6) is 5.75 Å². The minimum absolute atomic E-state index is 0.0902. The number of nitrogens with one attached hydrogen (secondary N) is 1. The van der Waals surface area contributed by atoms with E-state index >= 15 is 0 Å². The number of nitrogens with zero attached hydrogens (tertiary/aromatic N) is 1. The Kier molecular flexibility index (Phi) is 6.79. The van der Waals surface area contributed by atoms with Gasteiger partial charge in [-0.05, 0) is 38.0 Å². The third-order valence-corrected chi connectivity index (χ3v) is 2.97. The first-order valence-corrected chi connectivity index (χ1v) is 6.95. The number of hydrogen-bond donors (Lipinski definition) is 1. The summed E-state index contributed by atoms with van der Waals surface area (Å²) in [6.07, 6.45) is 2.22. The van der Waals surface area contributed by atoms with Gasteiger partial charge in [0.2, 0.25) is 0 Å². The summed E-state index contributed by atoms with van der Waals surface area (Å²) in [6, 6.07) is 7.91. The van der Waals surface area contributed by atoms with Crippen LogP contribution in [0.2, 0.25) is 0 Å². The molecule has 0 atom stereocenters. The fourth-order valence-electron chi connectivity index (χ4n) is 1.84. The lowest BCUT2D eigenvalue weighted by atomic mass is 10.1. The molecule has 1 N–H and O–H groups in total. The van der Waals surface area contributed by atoms with Gasteiger partial charge in [0.1, 0.15) is 5.75 Å². The largest absolute Gasteiger partial charge is 0.473 e. The third kappa shape index (κ3) is 5.20. The van der Waals surface area contributed by atoms with Crippen molar-refractivity contribution in [2.24, 2.45) is 0 Å². The van der Waals surface area contributed by atoms with Crippen molar-refractivity contribution in [1.29, 1.82) is 0 Å². The summed E-state index contributed by atoms with van der Waals surface area (Å²) in [5.74, 6) is 0.778. The maximum absolute atomic E-state index is 11.7. The van der Waals surface area contributed by atoms with Crippen LogP contribution in [-0.4, -0.2) is 30.8 Å². The first-order valence-electron chi connectivity index (χ1n) is 6.95. The Morgan fingerprint density at radius 2 is 1.79 bits per heavy atom. The van der Waals surface area contributed by atoms with E-state index in [0.29, 0.717) is 13.1 Å². The number of hydrogen-bond acceptors (Lipinski definition) is 2. The minimum atomic E-state index is -0.0902. The number of benzene rings is 1. The number of ether oxygens (including phenoxy) is 1. The van der Waals surface area contributed by atoms with E-state index in [9.17, 15) is 4.79 Å². The van der Waals surface area contributed by atoms with Gasteiger partial charge in [-0.2, -0.15) is 0 Å². The maximum Gasteiger partial charge on any atom is 0.319 e.